The first kappa shape index (κ1) is 9.01. The Hall–Kier alpha value is -0.0800. The van der Waals surface area contributed by atoms with Gasteiger partial charge in [0.2, 0.25) is 0 Å². The minimum atomic E-state index is 0.755. The van der Waals surface area contributed by atoms with E-state index in [-0.39, 0.29) is 0 Å². The highest BCUT2D eigenvalue weighted by Gasteiger charge is 2.17. The molecular weight excluding hydrogens is 136 g/mol. The van der Waals surface area contributed by atoms with Crippen molar-refractivity contribution in [3.8, 4) is 0 Å². The van der Waals surface area contributed by atoms with Crippen LogP contribution >= 0.6 is 0 Å². The topological polar surface area (TPSA) is 15.3 Å². The molecule has 1 unspecified atom stereocenters. The van der Waals surface area contributed by atoms with Crippen LogP contribution in [0.15, 0.2) is 0 Å². The first-order valence-corrected chi connectivity index (χ1v) is 4.65. The highest BCUT2D eigenvalue weighted by atomic mass is 15.3. The Balaban J connectivity index is 2.22. The molecule has 1 aliphatic heterocycles. The number of hydrogen-bond acceptors (Lipinski definition) is 2. The van der Waals surface area contributed by atoms with Crippen LogP contribution in [0.25, 0.3) is 0 Å². The predicted octanol–water partition coefficient (Wildman–Crippen LogP) is 1.28. The molecule has 0 amide bonds. The fourth-order valence-electron chi connectivity index (χ4n) is 1.73. The van der Waals surface area contributed by atoms with Crippen molar-refractivity contribution in [2.45, 2.75) is 33.2 Å². The summed E-state index contributed by atoms with van der Waals surface area (Å²) in [7, 11) is 0. The average molecular weight is 156 g/mol. The lowest BCUT2D eigenvalue weighted by atomic mass is 10.0. The van der Waals surface area contributed by atoms with Crippen molar-refractivity contribution in [3.63, 3.8) is 0 Å². The van der Waals surface area contributed by atoms with Crippen LogP contribution in [0.5, 0.6) is 0 Å². The third-order valence-electron chi connectivity index (χ3n) is 2.33. The van der Waals surface area contributed by atoms with Gasteiger partial charge in [0, 0.05) is 25.8 Å². The molecule has 2 nitrogen and oxygen atoms in total. The molecule has 2 heteroatoms. The van der Waals surface area contributed by atoms with E-state index in [4.69, 9.17) is 0 Å². The summed E-state index contributed by atoms with van der Waals surface area (Å²) in [5, 5.41) is 3.35. The minimum absolute atomic E-state index is 0.755. The highest BCUT2D eigenvalue weighted by molar-refractivity contribution is 4.73. The second-order valence-electron chi connectivity index (χ2n) is 3.95. The molecule has 0 aliphatic carbocycles. The lowest BCUT2D eigenvalue weighted by molar-refractivity contribution is 0.226. The summed E-state index contributed by atoms with van der Waals surface area (Å²) in [6.07, 6.45) is 1.32. The molecule has 0 saturated carbocycles. The van der Waals surface area contributed by atoms with Crippen LogP contribution in [0.4, 0.5) is 0 Å². The molecule has 1 atom stereocenters. The Morgan fingerprint density at radius 3 is 2.55 bits per heavy atom. The van der Waals surface area contributed by atoms with Crippen LogP contribution in [-0.2, 0) is 0 Å². The van der Waals surface area contributed by atoms with Gasteiger partial charge in [-0.1, -0.05) is 13.8 Å². The Labute approximate surface area is 70.0 Å². The summed E-state index contributed by atoms with van der Waals surface area (Å²) < 4.78 is 0. The van der Waals surface area contributed by atoms with Crippen LogP contribution in [0, 0.1) is 5.92 Å². The fraction of sp³-hybridized carbons (Fsp3) is 1.00. The van der Waals surface area contributed by atoms with Crippen LogP contribution in [0.2, 0.25) is 0 Å². The molecule has 0 aromatic carbocycles. The van der Waals surface area contributed by atoms with Gasteiger partial charge in [0.25, 0.3) is 0 Å². The summed E-state index contributed by atoms with van der Waals surface area (Å²) in [6.45, 7) is 10.4. The molecule has 1 fully saturated rings. The zero-order valence-corrected chi connectivity index (χ0v) is 7.93. The van der Waals surface area contributed by atoms with E-state index in [1.54, 1.807) is 0 Å². The summed E-state index contributed by atoms with van der Waals surface area (Å²) in [5.74, 6) is 0.825. The molecule has 0 bridgehead atoms. The van der Waals surface area contributed by atoms with Gasteiger partial charge in [-0.15, -0.1) is 0 Å². The van der Waals surface area contributed by atoms with Gasteiger partial charge in [0.1, 0.15) is 0 Å². The van der Waals surface area contributed by atoms with E-state index in [2.05, 4.69) is 31.0 Å². The maximum absolute atomic E-state index is 3.35. The standard InChI is InChI=1S/C9H20N2/c1-8(2)6-9(3)11-5-4-10-7-11/h8-10H,4-7H2,1-3H3. The van der Waals surface area contributed by atoms with Crippen molar-refractivity contribution in [1.82, 2.24) is 10.2 Å². The van der Waals surface area contributed by atoms with Crippen molar-refractivity contribution in [1.29, 1.82) is 0 Å². The SMILES string of the molecule is CC(C)CC(C)N1CCNC1. The number of nitrogens with one attached hydrogen (secondary N) is 1. The van der Waals surface area contributed by atoms with Crippen molar-refractivity contribution in [3.05, 3.63) is 0 Å². The first-order chi connectivity index (χ1) is 5.20. The molecule has 1 aliphatic rings. The number of hydrogen-bond donors (Lipinski definition) is 1. The Bertz CT molecular complexity index is 106. The van der Waals surface area contributed by atoms with Gasteiger partial charge in [0.15, 0.2) is 0 Å². The summed E-state index contributed by atoms with van der Waals surface area (Å²) in [5.41, 5.74) is 0. The van der Waals surface area contributed by atoms with Gasteiger partial charge >= 0.3 is 0 Å². The van der Waals surface area contributed by atoms with Gasteiger partial charge in [-0.3, -0.25) is 4.90 Å². The van der Waals surface area contributed by atoms with Gasteiger partial charge in [-0.25, -0.2) is 0 Å². The Morgan fingerprint density at radius 2 is 2.09 bits per heavy atom. The quantitative estimate of drug-likeness (QED) is 0.662. The third kappa shape index (κ3) is 2.80. The van der Waals surface area contributed by atoms with E-state index in [0.29, 0.717) is 0 Å². The molecule has 1 N–H and O–H groups in total. The summed E-state index contributed by atoms with van der Waals surface area (Å²) >= 11 is 0. The lowest BCUT2D eigenvalue weighted by Crippen LogP contribution is -2.32. The smallest absolute Gasteiger partial charge is 0.0484 e. The highest BCUT2D eigenvalue weighted by Crippen LogP contribution is 2.11. The van der Waals surface area contributed by atoms with Crippen molar-refractivity contribution < 1.29 is 0 Å². The van der Waals surface area contributed by atoms with Crippen molar-refractivity contribution in [2.24, 2.45) is 5.92 Å². The number of nitrogens with zero attached hydrogens (tertiary/aromatic N) is 1. The molecule has 0 aromatic rings. The van der Waals surface area contributed by atoms with Gasteiger partial charge in [-0.2, -0.15) is 0 Å². The normalized spacial score (nSPS) is 22.9. The van der Waals surface area contributed by atoms with Crippen LogP contribution in [-0.4, -0.2) is 30.7 Å². The summed E-state index contributed by atoms with van der Waals surface area (Å²) in [4.78, 5) is 2.51. The molecule has 1 heterocycles. The van der Waals surface area contributed by atoms with Crippen molar-refractivity contribution in [2.75, 3.05) is 19.8 Å². The minimum Gasteiger partial charge on any atom is -0.303 e. The molecule has 0 spiro atoms. The zero-order valence-electron chi connectivity index (χ0n) is 7.93. The third-order valence-corrected chi connectivity index (χ3v) is 2.33. The zero-order chi connectivity index (χ0) is 8.27. The molecule has 11 heavy (non-hydrogen) atoms. The maximum Gasteiger partial charge on any atom is 0.0484 e. The molecule has 1 saturated heterocycles. The van der Waals surface area contributed by atoms with E-state index in [1.165, 1.54) is 19.5 Å². The maximum atomic E-state index is 3.35. The van der Waals surface area contributed by atoms with Gasteiger partial charge in [-0.05, 0) is 19.3 Å². The molecular formula is C9H20N2. The summed E-state index contributed by atoms with van der Waals surface area (Å²) in [6, 6.07) is 0.755. The van der Waals surface area contributed by atoms with Gasteiger partial charge in [0.05, 0.1) is 0 Å². The number of rotatable bonds is 3. The monoisotopic (exact) mass is 156 g/mol. The average Bonchev–Trinajstić information content (AvgIpc) is 2.35. The van der Waals surface area contributed by atoms with Crippen LogP contribution in [0.3, 0.4) is 0 Å². The lowest BCUT2D eigenvalue weighted by Gasteiger charge is -2.24. The second-order valence-corrected chi connectivity index (χ2v) is 3.95. The van der Waals surface area contributed by atoms with E-state index >= 15 is 0 Å². The van der Waals surface area contributed by atoms with Crippen LogP contribution < -0.4 is 5.32 Å². The van der Waals surface area contributed by atoms with Crippen molar-refractivity contribution >= 4 is 0 Å². The largest absolute Gasteiger partial charge is 0.303 e. The Kier molecular flexibility index (Phi) is 3.34. The van der Waals surface area contributed by atoms with E-state index < -0.39 is 0 Å². The molecule has 0 aromatic heterocycles. The van der Waals surface area contributed by atoms with E-state index in [0.717, 1.165) is 18.6 Å². The van der Waals surface area contributed by atoms with E-state index in [1.807, 2.05) is 0 Å². The van der Waals surface area contributed by atoms with Crippen LogP contribution in [0.1, 0.15) is 27.2 Å². The van der Waals surface area contributed by atoms with Gasteiger partial charge < -0.3 is 5.32 Å². The molecule has 66 valence electrons. The molecule has 1 rings (SSSR count). The fourth-order valence-corrected chi connectivity index (χ4v) is 1.73. The Morgan fingerprint density at radius 1 is 1.36 bits per heavy atom. The first-order valence-electron chi connectivity index (χ1n) is 4.65. The molecule has 0 radical (unpaired) electrons. The second kappa shape index (κ2) is 4.07. The predicted molar refractivity (Wildman–Crippen MR) is 48.5 cm³/mol. The van der Waals surface area contributed by atoms with E-state index in [9.17, 15) is 0 Å².